The molecule has 4 rings (SSSR count). The highest BCUT2D eigenvalue weighted by molar-refractivity contribution is 7.99. The van der Waals surface area contributed by atoms with Crippen LogP contribution in [0.5, 0.6) is 0 Å². The van der Waals surface area contributed by atoms with Crippen molar-refractivity contribution in [2.24, 2.45) is 0 Å². The van der Waals surface area contributed by atoms with Gasteiger partial charge in [-0.05, 0) is 62.4 Å². The zero-order valence-electron chi connectivity index (χ0n) is 18.6. The molecule has 0 saturated heterocycles. The topological polar surface area (TPSA) is 89.1 Å². The van der Waals surface area contributed by atoms with Gasteiger partial charge in [-0.15, -0.1) is 10.2 Å². The number of amides is 1. The van der Waals surface area contributed by atoms with Crippen LogP contribution in [0.15, 0.2) is 76.8 Å². The van der Waals surface area contributed by atoms with Gasteiger partial charge in [-0.3, -0.25) is 14.3 Å². The highest BCUT2D eigenvalue weighted by atomic mass is 32.2. The largest absolute Gasteiger partial charge is 0.467 e. The third-order valence-corrected chi connectivity index (χ3v) is 6.13. The molecule has 3 aromatic heterocycles. The number of carbonyl (C=O) groups excluding carboxylic acids is 1. The van der Waals surface area contributed by atoms with Gasteiger partial charge in [0.15, 0.2) is 11.0 Å². The van der Waals surface area contributed by atoms with Crippen LogP contribution in [0.4, 0.5) is 11.4 Å². The molecule has 1 N–H and O–H groups in total. The molecule has 0 radical (unpaired) electrons. The van der Waals surface area contributed by atoms with Crippen LogP contribution in [0.3, 0.4) is 0 Å². The summed E-state index contributed by atoms with van der Waals surface area (Å²) in [6.07, 6.45) is 5.07. The summed E-state index contributed by atoms with van der Waals surface area (Å²) in [6.45, 7) is 6.61. The molecule has 1 aromatic carbocycles. The van der Waals surface area contributed by atoms with Crippen LogP contribution >= 0.6 is 11.8 Å². The lowest BCUT2D eigenvalue weighted by Gasteiger charge is -2.21. The predicted molar refractivity (Wildman–Crippen MR) is 130 cm³/mol. The van der Waals surface area contributed by atoms with E-state index in [1.54, 1.807) is 18.7 Å². The van der Waals surface area contributed by atoms with Gasteiger partial charge < -0.3 is 14.6 Å². The van der Waals surface area contributed by atoms with Crippen LogP contribution in [0.2, 0.25) is 0 Å². The fraction of sp³-hybridized carbons (Fsp3) is 0.250. The van der Waals surface area contributed by atoms with Crippen LogP contribution in [0.1, 0.15) is 19.6 Å². The predicted octanol–water partition coefficient (Wildman–Crippen LogP) is 4.56. The summed E-state index contributed by atoms with van der Waals surface area (Å²) in [4.78, 5) is 18.9. The monoisotopic (exact) mass is 462 g/mol. The Hall–Kier alpha value is -3.59. The number of aromatic nitrogens is 4. The molecule has 1 amide bonds. The molecule has 0 fully saturated rings. The number of nitrogens with one attached hydrogen (secondary N) is 1. The summed E-state index contributed by atoms with van der Waals surface area (Å²) in [5, 5.41) is 12.3. The van der Waals surface area contributed by atoms with Crippen molar-refractivity contribution in [2.45, 2.75) is 25.5 Å². The first kappa shape index (κ1) is 22.6. The molecule has 0 unspecified atom stereocenters. The maximum absolute atomic E-state index is 12.6. The van der Waals surface area contributed by atoms with Crippen LogP contribution in [-0.2, 0) is 11.3 Å². The number of benzene rings is 1. The fourth-order valence-corrected chi connectivity index (χ4v) is 4.22. The SMILES string of the molecule is CCN(CC)c1ccc(NC(=O)CSc2nnc(-c3ccncc3)n2Cc2ccco2)cc1. The summed E-state index contributed by atoms with van der Waals surface area (Å²) in [5.41, 5.74) is 2.81. The van der Waals surface area contributed by atoms with Gasteiger partial charge in [-0.1, -0.05) is 11.8 Å². The molecule has 0 atom stereocenters. The molecule has 33 heavy (non-hydrogen) atoms. The Morgan fingerprint density at radius 3 is 2.48 bits per heavy atom. The normalized spacial score (nSPS) is 10.8. The summed E-state index contributed by atoms with van der Waals surface area (Å²) in [7, 11) is 0. The number of anilines is 2. The van der Waals surface area contributed by atoms with Gasteiger partial charge >= 0.3 is 0 Å². The minimum absolute atomic E-state index is 0.103. The summed E-state index contributed by atoms with van der Waals surface area (Å²) in [6, 6.07) is 15.4. The molecule has 8 nitrogen and oxygen atoms in total. The van der Waals surface area contributed by atoms with Gasteiger partial charge in [-0.2, -0.15) is 0 Å². The summed E-state index contributed by atoms with van der Waals surface area (Å²) in [5.74, 6) is 1.59. The second kappa shape index (κ2) is 10.8. The number of pyridine rings is 1. The first-order valence-electron chi connectivity index (χ1n) is 10.8. The van der Waals surface area contributed by atoms with Gasteiger partial charge in [0, 0.05) is 42.4 Å². The number of nitrogens with zero attached hydrogens (tertiary/aromatic N) is 5. The average molecular weight is 463 g/mol. The molecular formula is C24H26N6O2S. The average Bonchev–Trinajstić information content (AvgIpc) is 3.50. The molecule has 170 valence electrons. The Morgan fingerprint density at radius 1 is 1.06 bits per heavy atom. The molecular weight excluding hydrogens is 436 g/mol. The van der Waals surface area contributed by atoms with Gasteiger partial charge in [0.2, 0.25) is 5.91 Å². The molecule has 0 spiro atoms. The van der Waals surface area contributed by atoms with Crippen LogP contribution in [0, 0.1) is 0 Å². The maximum atomic E-state index is 12.6. The van der Waals surface area contributed by atoms with Crippen LogP contribution in [0.25, 0.3) is 11.4 Å². The van der Waals surface area contributed by atoms with E-state index in [-0.39, 0.29) is 11.7 Å². The molecule has 9 heteroatoms. The third kappa shape index (κ3) is 5.61. The van der Waals surface area contributed by atoms with Crippen molar-refractivity contribution in [2.75, 3.05) is 29.1 Å². The Labute approximate surface area is 197 Å². The van der Waals surface area contributed by atoms with Crippen molar-refractivity contribution < 1.29 is 9.21 Å². The quantitative estimate of drug-likeness (QED) is 0.346. The lowest BCUT2D eigenvalue weighted by Crippen LogP contribution is -2.21. The van der Waals surface area contributed by atoms with Crippen molar-refractivity contribution in [3.05, 3.63) is 72.9 Å². The van der Waals surface area contributed by atoms with Gasteiger partial charge in [0.1, 0.15) is 5.76 Å². The highest BCUT2D eigenvalue weighted by Gasteiger charge is 2.17. The van der Waals surface area contributed by atoms with E-state index in [1.807, 2.05) is 53.1 Å². The van der Waals surface area contributed by atoms with Crippen molar-refractivity contribution >= 4 is 29.0 Å². The second-order valence-corrected chi connectivity index (χ2v) is 8.21. The molecule has 0 aliphatic heterocycles. The first-order chi connectivity index (χ1) is 16.2. The lowest BCUT2D eigenvalue weighted by atomic mass is 10.2. The van der Waals surface area contributed by atoms with Crippen molar-refractivity contribution in [3.63, 3.8) is 0 Å². The second-order valence-electron chi connectivity index (χ2n) is 7.26. The minimum atomic E-state index is -0.103. The highest BCUT2D eigenvalue weighted by Crippen LogP contribution is 2.25. The Bertz CT molecular complexity index is 1160. The van der Waals surface area contributed by atoms with E-state index in [0.717, 1.165) is 35.8 Å². The summed E-state index contributed by atoms with van der Waals surface area (Å²) >= 11 is 1.34. The number of carbonyl (C=O) groups is 1. The molecule has 0 aliphatic carbocycles. The van der Waals surface area contributed by atoms with E-state index in [4.69, 9.17) is 4.42 Å². The summed E-state index contributed by atoms with van der Waals surface area (Å²) < 4.78 is 7.47. The Kier molecular flexibility index (Phi) is 7.41. The van der Waals surface area contributed by atoms with E-state index < -0.39 is 0 Å². The van der Waals surface area contributed by atoms with Crippen molar-refractivity contribution in [1.82, 2.24) is 19.7 Å². The number of hydrogen-bond acceptors (Lipinski definition) is 7. The first-order valence-corrected chi connectivity index (χ1v) is 11.8. The number of hydrogen-bond donors (Lipinski definition) is 1. The number of rotatable bonds is 10. The number of thioether (sulfide) groups is 1. The van der Waals surface area contributed by atoms with Gasteiger partial charge in [0.25, 0.3) is 0 Å². The van der Waals surface area contributed by atoms with E-state index in [2.05, 4.69) is 39.2 Å². The molecule has 0 saturated carbocycles. The van der Waals surface area contributed by atoms with E-state index in [1.165, 1.54) is 11.8 Å². The van der Waals surface area contributed by atoms with Crippen LogP contribution < -0.4 is 10.2 Å². The van der Waals surface area contributed by atoms with Crippen molar-refractivity contribution in [3.8, 4) is 11.4 Å². The van der Waals surface area contributed by atoms with E-state index >= 15 is 0 Å². The van der Waals surface area contributed by atoms with Crippen molar-refractivity contribution in [1.29, 1.82) is 0 Å². The molecule has 0 bridgehead atoms. The minimum Gasteiger partial charge on any atom is -0.467 e. The third-order valence-electron chi connectivity index (χ3n) is 5.16. The van der Waals surface area contributed by atoms with Gasteiger partial charge in [-0.25, -0.2) is 0 Å². The molecule has 3 heterocycles. The zero-order valence-corrected chi connectivity index (χ0v) is 19.5. The van der Waals surface area contributed by atoms with E-state index in [9.17, 15) is 4.79 Å². The standard InChI is InChI=1S/C24H26N6O2S/c1-3-29(4-2)20-9-7-19(8-10-20)26-22(31)17-33-24-28-27-23(18-11-13-25-14-12-18)30(24)16-21-6-5-15-32-21/h5-15H,3-4,16-17H2,1-2H3,(H,26,31). The zero-order chi connectivity index (χ0) is 23.0. The van der Waals surface area contributed by atoms with Crippen LogP contribution in [-0.4, -0.2) is 44.5 Å². The number of furan rings is 1. The fourth-order valence-electron chi connectivity index (χ4n) is 3.48. The molecule has 0 aliphatic rings. The Morgan fingerprint density at radius 2 is 1.82 bits per heavy atom. The molecule has 4 aromatic rings. The lowest BCUT2D eigenvalue weighted by molar-refractivity contribution is -0.113. The Balaban J connectivity index is 1.44. The maximum Gasteiger partial charge on any atom is 0.234 e. The van der Waals surface area contributed by atoms with Gasteiger partial charge in [0.05, 0.1) is 18.6 Å². The smallest absolute Gasteiger partial charge is 0.234 e. The van der Waals surface area contributed by atoms with E-state index in [0.29, 0.717) is 17.5 Å².